The molecule has 2 aromatic rings. The van der Waals surface area contributed by atoms with Gasteiger partial charge >= 0.3 is 0 Å². The molecule has 84 valence electrons. The van der Waals surface area contributed by atoms with Gasteiger partial charge in [0.1, 0.15) is 5.82 Å². The van der Waals surface area contributed by atoms with Gasteiger partial charge in [-0.15, -0.1) is 10.2 Å². The molecule has 2 N–H and O–H groups in total. The Kier molecular flexibility index (Phi) is 2.96. The highest BCUT2D eigenvalue weighted by Gasteiger charge is 2.12. The summed E-state index contributed by atoms with van der Waals surface area (Å²) in [7, 11) is 0. The number of aromatic nitrogens is 2. The molecule has 0 bridgehead atoms. The highest BCUT2D eigenvalue weighted by molar-refractivity contribution is 5.53. The Morgan fingerprint density at radius 3 is 2.81 bits per heavy atom. The molecule has 0 spiro atoms. The Bertz CT molecular complexity index is 482. The predicted molar refractivity (Wildman–Crippen MR) is 57.0 cm³/mol. The zero-order valence-corrected chi connectivity index (χ0v) is 8.85. The number of halogens is 1. The van der Waals surface area contributed by atoms with Crippen LogP contribution in [0.3, 0.4) is 0 Å². The van der Waals surface area contributed by atoms with Crippen LogP contribution in [0.15, 0.2) is 28.7 Å². The van der Waals surface area contributed by atoms with Crippen LogP contribution >= 0.6 is 0 Å². The van der Waals surface area contributed by atoms with Gasteiger partial charge in [0.15, 0.2) is 0 Å². The van der Waals surface area contributed by atoms with E-state index in [9.17, 15) is 4.39 Å². The summed E-state index contributed by atoms with van der Waals surface area (Å²) < 4.78 is 18.7. The van der Waals surface area contributed by atoms with E-state index in [1.54, 1.807) is 18.2 Å². The van der Waals surface area contributed by atoms with Crippen LogP contribution in [0, 0.1) is 5.82 Å². The van der Waals surface area contributed by atoms with Crippen molar-refractivity contribution in [3.05, 3.63) is 36.0 Å². The lowest BCUT2D eigenvalue weighted by molar-refractivity contribution is 0.484. The molecular weight excluding hydrogens is 209 g/mol. The molecular formula is C11H12FN3O. The van der Waals surface area contributed by atoms with Crippen molar-refractivity contribution < 1.29 is 8.81 Å². The van der Waals surface area contributed by atoms with Crippen molar-refractivity contribution in [2.24, 2.45) is 5.73 Å². The first-order valence-corrected chi connectivity index (χ1v) is 4.99. The SMILES string of the molecule is CC(N)Cc1nnc(-c2ccccc2F)o1. The molecule has 1 aromatic heterocycles. The molecule has 0 radical (unpaired) electrons. The van der Waals surface area contributed by atoms with E-state index in [2.05, 4.69) is 10.2 Å². The topological polar surface area (TPSA) is 64.9 Å². The molecule has 1 aromatic carbocycles. The second kappa shape index (κ2) is 4.40. The van der Waals surface area contributed by atoms with Gasteiger partial charge in [-0.25, -0.2) is 4.39 Å². The predicted octanol–water partition coefficient (Wildman–Crippen LogP) is 1.77. The Balaban J connectivity index is 2.28. The molecule has 1 unspecified atom stereocenters. The molecule has 0 aliphatic carbocycles. The molecule has 4 nitrogen and oxygen atoms in total. The zero-order chi connectivity index (χ0) is 11.5. The normalized spacial score (nSPS) is 12.7. The molecule has 16 heavy (non-hydrogen) atoms. The van der Waals surface area contributed by atoms with Gasteiger partial charge in [0.2, 0.25) is 5.89 Å². The maximum atomic E-state index is 13.4. The van der Waals surface area contributed by atoms with E-state index in [1.165, 1.54) is 6.07 Å². The number of nitrogens with two attached hydrogens (primary N) is 1. The minimum Gasteiger partial charge on any atom is -0.421 e. The molecule has 1 atom stereocenters. The summed E-state index contributed by atoms with van der Waals surface area (Å²) in [5, 5.41) is 7.60. The van der Waals surface area contributed by atoms with Crippen molar-refractivity contribution in [3.8, 4) is 11.5 Å². The minimum atomic E-state index is -0.376. The summed E-state index contributed by atoms with van der Waals surface area (Å²) >= 11 is 0. The van der Waals surface area contributed by atoms with E-state index in [0.29, 0.717) is 17.9 Å². The van der Waals surface area contributed by atoms with Crippen molar-refractivity contribution in [2.75, 3.05) is 0 Å². The lowest BCUT2D eigenvalue weighted by atomic mass is 10.2. The van der Waals surface area contributed by atoms with E-state index in [0.717, 1.165) is 0 Å². The fraction of sp³-hybridized carbons (Fsp3) is 0.273. The van der Waals surface area contributed by atoms with Crippen LogP contribution in [0.2, 0.25) is 0 Å². The van der Waals surface area contributed by atoms with Gasteiger partial charge in [-0.2, -0.15) is 0 Å². The lowest BCUT2D eigenvalue weighted by Crippen LogP contribution is -2.17. The largest absolute Gasteiger partial charge is 0.421 e. The third kappa shape index (κ3) is 2.25. The molecule has 1 heterocycles. The van der Waals surface area contributed by atoms with Gasteiger partial charge in [0.25, 0.3) is 5.89 Å². The van der Waals surface area contributed by atoms with E-state index >= 15 is 0 Å². The summed E-state index contributed by atoms with van der Waals surface area (Å²) in [6.07, 6.45) is 0.488. The van der Waals surface area contributed by atoms with E-state index in [4.69, 9.17) is 10.2 Å². The summed E-state index contributed by atoms with van der Waals surface area (Å²) in [5.74, 6) is 0.237. The molecule has 0 aliphatic heterocycles. The van der Waals surface area contributed by atoms with Gasteiger partial charge in [-0.1, -0.05) is 12.1 Å². The number of hydrogen-bond acceptors (Lipinski definition) is 4. The van der Waals surface area contributed by atoms with E-state index in [1.807, 2.05) is 6.92 Å². The summed E-state index contributed by atoms with van der Waals surface area (Å²) in [6, 6.07) is 6.21. The molecule has 0 aliphatic rings. The minimum absolute atomic E-state index is 0.0612. The summed E-state index contributed by atoms with van der Waals surface area (Å²) in [4.78, 5) is 0. The van der Waals surface area contributed by atoms with Crippen LogP contribution < -0.4 is 5.73 Å². The molecule has 5 heteroatoms. The van der Waals surface area contributed by atoms with Gasteiger partial charge in [0, 0.05) is 12.5 Å². The first-order chi connectivity index (χ1) is 7.66. The average molecular weight is 221 g/mol. The van der Waals surface area contributed by atoms with Crippen LogP contribution in [0.25, 0.3) is 11.5 Å². The van der Waals surface area contributed by atoms with Crippen LogP contribution in [-0.2, 0) is 6.42 Å². The Labute approximate surface area is 92.3 Å². The number of rotatable bonds is 3. The first-order valence-electron chi connectivity index (χ1n) is 4.99. The highest BCUT2D eigenvalue weighted by atomic mass is 19.1. The molecule has 0 fully saturated rings. The standard InChI is InChI=1S/C11H12FN3O/c1-7(13)6-10-14-15-11(16-10)8-4-2-3-5-9(8)12/h2-5,7H,6,13H2,1H3. The molecule has 0 saturated heterocycles. The fourth-order valence-electron chi connectivity index (χ4n) is 1.36. The van der Waals surface area contributed by atoms with Gasteiger partial charge < -0.3 is 10.2 Å². The van der Waals surface area contributed by atoms with Crippen LogP contribution in [0.4, 0.5) is 4.39 Å². The maximum Gasteiger partial charge on any atom is 0.250 e. The fourth-order valence-corrected chi connectivity index (χ4v) is 1.36. The van der Waals surface area contributed by atoms with Crippen molar-refractivity contribution in [1.29, 1.82) is 0 Å². The summed E-state index contributed by atoms with van der Waals surface area (Å²) in [6.45, 7) is 1.84. The quantitative estimate of drug-likeness (QED) is 0.857. The van der Waals surface area contributed by atoms with E-state index in [-0.39, 0.29) is 17.7 Å². The second-order valence-electron chi connectivity index (χ2n) is 3.66. The smallest absolute Gasteiger partial charge is 0.250 e. The molecule has 0 amide bonds. The van der Waals surface area contributed by atoms with Crippen molar-refractivity contribution in [2.45, 2.75) is 19.4 Å². The maximum absolute atomic E-state index is 13.4. The molecule has 2 rings (SSSR count). The Morgan fingerprint density at radius 1 is 1.38 bits per heavy atom. The van der Waals surface area contributed by atoms with Gasteiger partial charge in [-0.05, 0) is 19.1 Å². The monoisotopic (exact) mass is 221 g/mol. The van der Waals surface area contributed by atoms with Crippen molar-refractivity contribution in [3.63, 3.8) is 0 Å². The Hall–Kier alpha value is -1.75. The summed E-state index contributed by atoms with van der Waals surface area (Å²) in [5.41, 5.74) is 5.91. The van der Waals surface area contributed by atoms with Crippen LogP contribution in [0.1, 0.15) is 12.8 Å². The number of benzene rings is 1. The average Bonchev–Trinajstić information content (AvgIpc) is 2.66. The highest BCUT2D eigenvalue weighted by Crippen LogP contribution is 2.21. The first kappa shape index (κ1) is 10.8. The van der Waals surface area contributed by atoms with Crippen molar-refractivity contribution >= 4 is 0 Å². The van der Waals surface area contributed by atoms with Gasteiger partial charge in [0.05, 0.1) is 5.56 Å². The zero-order valence-electron chi connectivity index (χ0n) is 8.85. The number of hydrogen-bond donors (Lipinski definition) is 1. The lowest BCUT2D eigenvalue weighted by Gasteiger charge is -1.98. The molecule has 0 saturated carbocycles. The number of nitrogens with zero attached hydrogens (tertiary/aromatic N) is 2. The van der Waals surface area contributed by atoms with Crippen LogP contribution in [-0.4, -0.2) is 16.2 Å². The third-order valence-corrected chi connectivity index (χ3v) is 2.07. The second-order valence-corrected chi connectivity index (χ2v) is 3.66. The Morgan fingerprint density at radius 2 is 2.12 bits per heavy atom. The van der Waals surface area contributed by atoms with Gasteiger partial charge in [-0.3, -0.25) is 0 Å². The van der Waals surface area contributed by atoms with Crippen LogP contribution in [0.5, 0.6) is 0 Å². The van der Waals surface area contributed by atoms with E-state index < -0.39 is 0 Å². The third-order valence-electron chi connectivity index (χ3n) is 2.07. The van der Waals surface area contributed by atoms with Crippen molar-refractivity contribution in [1.82, 2.24) is 10.2 Å².